The minimum atomic E-state index is -4.19. The van der Waals surface area contributed by atoms with Crippen LogP contribution in [0.4, 0.5) is 13.2 Å². The molecule has 0 fully saturated rings. The van der Waals surface area contributed by atoms with Crippen LogP contribution in [0.5, 0.6) is 0 Å². The molecule has 0 radical (unpaired) electrons. The van der Waals surface area contributed by atoms with Gasteiger partial charge in [0.25, 0.3) is 0 Å². The van der Waals surface area contributed by atoms with Gasteiger partial charge in [-0.3, -0.25) is 0 Å². The zero-order valence-electron chi connectivity index (χ0n) is 69.7. The van der Waals surface area contributed by atoms with E-state index >= 15 is 0 Å². The molecule has 0 N–H and O–H groups in total. The molecule has 112 heavy (non-hydrogen) atoms. The Morgan fingerprint density at radius 1 is 0.214 bits per heavy atom. The van der Waals surface area contributed by atoms with Crippen molar-refractivity contribution in [3.05, 3.63) is 418 Å². The van der Waals surface area contributed by atoms with Crippen molar-refractivity contribution in [2.24, 2.45) is 16.7 Å². The molecule has 0 heterocycles. The summed E-state index contributed by atoms with van der Waals surface area (Å²) in [5.41, 5.74) is 34.2. The first kappa shape index (κ1) is 86.5. The van der Waals surface area contributed by atoms with Crippen LogP contribution in [0.15, 0.2) is 340 Å². The fourth-order valence-corrected chi connectivity index (χ4v) is 12.5. The second-order valence-corrected chi connectivity index (χ2v) is 32.4. The Balaban J connectivity index is 0.000000165. The summed E-state index contributed by atoms with van der Waals surface area (Å²) in [4.78, 5) is 0. The number of hydrogen-bond donors (Lipinski definition) is 0. The van der Waals surface area contributed by atoms with Crippen molar-refractivity contribution in [3.8, 4) is 77.9 Å². The first-order chi connectivity index (χ1) is 53.3. The van der Waals surface area contributed by atoms with E-state index in [1.54, 1.807) is 12.1 Å². The normalized spacial score (nSPS) is 10.9. The smallest absolute Gasteiger partial charge is 0.171 e. The minimum absolute atomic E-state index is 0.00925. The zero-order valence-corrected chi connectivity index (χ0v) is 69.7. The van der Waals surface area contributed by atoms with Crippen LogP contribution in [0.25, 0.3) is 77.9 Å². The van der Waals surface area contributed by atoms with E-state index < -0.39 is 11.6 Å². The molecule has 0 nitrogen and oxygen atoms in total. The standard InChI is InChI=1S/C18H19F3.C18H22.C17H20.C15H16.2C14H14.C13H12/c1-13-4-8-15(9-5-13)16-10-6-14(7-11-16)12-17(2,3)18(19,20)21;1-14-5-9-16(10-6-14)17-11-7-15(8-12-17)13-18(2,3)4;1-13(2)12-15-6-10-17(11-7-15)16-8-4-14(3)5-9-16;1-11-4-7-14(8-5-11)15-9-6-12(2)13(3)10-15;1-11-3-7-13(8-4-11)14-9-5-12(2)6-10-14;1-11-8-9-14(10-12(11)2)13-6-4-3-5-7-13;1-11-7-9-13(10-8-11)12-5-3-2-4-6-12/h4-11H,12H2,1-3H3;5-12H,13H2,1-4H3;4-11,13H,12H2,1-3H3;4-10H,1-3H3;2*3-10H,1-2H3;2-10H,1H3. The molecule has 0 aliphatic carbocycles. The highest BCUT2D eigenvalue weighted by Gasteiger charge is 2.47. The molecular formula is C109H117F3. The van der Waals surface area contributed by atoms with Crippen LogP contribution in [0.2, 0.25) is 0 Å². The number of aryl methyl sites for hydroxylation is 11. The summed E-state index contributed by atoms with van der Waals surface area (Å²) in [5, 5.41) is 0. The highest BCUT2D eigenvalue weighted by molar-refractivity contribution is 5.69. The number of rotatable bonds is 12. The molecule has 574 valence electrons. The fraction of sp³-hybridized carbons (Fsp3) is 0.229. The van der Waals surface area contributed by atoms with Gasteiger partial charge >= 0.3 is 6.18 Å². The Hall–Kier alpha value is -11.1. The quantitative estimate of drug-likeness (QED) is 0.114. The average Bonchev–Trinajstić information content (AvgIpc) is 0.821. The van der Waals surface area contributed by atoms with Crippen molar-refractivity contribution in [1.82, 2.24) is 0 Å². The molecule has 14 rings (SSSR count). The summed E-state index contributed by atoms with van der Waals surface area (Å²) in [6.45, 7) is 37.1. The SMILES string of the molecule is Cc1ccc(-c2ccc(C)c(C)c2)cc1.Cc1ccc(-c2ccc(C)cc2)cc1.Cc1ccc(-c2ccc(CC(C)(C)C(F)(F)F)cc2)cc1.Cc1ccc(-c2ccc(CC(C)(C)C)cc2)cc1.Cc1ccc(-c2ccc(CC(C)C)cc2)cc1.Cc1ccc(-c2ccccc2)cc1.Cc1ccc(-c2ccccc2)cc1C. The second-order valence-electron chi connectivity index (χ2n) is 32.4. The van der Waals surface area contributed by atoms with E-state index in [-0.39, 0.29) is 6.42 Å². The number of hydrogen-bond acceptors (Lipinski definition) is 0. The van der Waals surface area contributed by atoms with E-state index in [1.165, 1.54) is 153 Å². The van der Waals surface area contributed by atoms with Crippen molar-refractivity contribution >= 4 is 0 Å². The van der Waals surface area contributed by atoms with Crippen LogP contribution in [-0.4, -0.2) is 6.18 Å². The van der Waals surface area contributed by atoms with Gasteiger partial charge in [0.15, 0.2) is 0 Å². The Morgan fingerprint density at radius 2 is 0.411 bits per heavy atom. The Labute approximate surface area is 671 Å². The molecule has 0 unspecified atom stereocenters. The predicted octanol–water partition coefficient (Wildman–Crippen LogP) is 31.8. The number of alkyl halides is 3. The lowest BCUT2D eigenvalue weighted by Gasteiger charge is -2.27. The van der Waals surface area contributed by atoms with E-state index in [0.29, 0.717) is 11.0 Å². The van der Waals surface area contributed by atoms with Crippen molar-refractivity contribution in [1.29, 1.82) is 0 Å². The molecule has 0 bridgehead atoms. The van der Waals surface area contributed by atoms with E-state index in [4.69, 9.17) is 0 Å². The van der Waals surface area contributed by atoms with Gasteiger partial charge in [0.2, 0.25) is 0 Å². The molecule has 3 heteroatoms. The van der Waals surface area contributed by atoms with Crippen molar-refractivity contribution in [3.63, 3.8) is 0 Å². The highest BCUT2D eigenvalue weighted by Crippen LogP contribution is 2.41. The molecule has 0 aliphatic heterocycles. The van der Waals surface area contributed by atoms with Crippen molar-refractivity contribution in [2.45, 2.75) is 150 Å². The topological polar surface area (TPSA) is 0 Å². The lowest BCUT2D eigenvalue weighted by molar-refractivity contribution is -0.211. The Kier molecular flexibility index (Phi) is 32.3. The molecule has 14 aromatic carbocycles. The fourth-order valence-electron chi connectivity index (χ4n) is 12.5. The summed E-state index contributed by atoms with van der Waals surface area (Å²) in [6, 6.07) is 119. The molecule has 0 atom stereocenters. The summed E-state index contributed by atoms with van der Waals surface area (Å²) in [5.74, 6) is 0.722. The predicted molar refractivity (Wildman–Crippen MR) is 480 cm³/mol. The first-order valence-corrected chi connectivity index (χ1v) is 39.4. The highest BCUT2D eigenvalue weighted by atomic mass is 19.4. The molecular weight excluding hydrogens is 1370 g/mol. The molecule has 0 amide bonds. The van der Waals surface area contributed by atoms with E-state index in [1.807, 2.05) is 55.5 Å². The van der Waals surface area contributed by atoms with Crippen molar-refractivity contribution < 1.29 is 13.2 Å². The second kappa shape index (κ2) is 41.8. The summed E-state index contributed by atoms with van der Waals surface area (Å²) >= 11 is 0. The van der Waals surface area contributed by atoms with E-state index in [2.05, 4.69) is 383 Å². The monoisotopic (exact) mass is 1480 g/mol. The summed E-state index contributed by atoms with van der Waals surface area (Å²) in [6.07, 6.45) is -1.91. The van der Waals surface area contributed by atoms with Crippen LogP contribution in [0.1, 0.15) is 126 Å². The van der Waals surface area contributed by atoms with Crippen LogP contribution in [0.3, 0.4) is 0 Å². The van der Waals surface area contributed by atoms with Crippen LogP contribution in [0, 0.1) is 92.9 Å². The Morgan fingerprint density at radius 3 is 0.634 bits per heavy atom. The molecule has 0 aliphatic rings. The third-order valence-corrected chi connectivity index (χ3v) is 19.9. The van der Waals surface area contributed by atoms with Crippen LogP contribution in [-0.2, 0) is 19.3 Å². The van der Waals surface area contributed by atoms with Crippen molar-refractivity contribution in [2.75, 3.05) is 0 Å². The van der Waals surface area contributed by atoms with Gasteiger partial charge in [-0.25, -0.2) is 0 Å². The van der Waals surface area contributed by atoms with Gasteiger partial charge in [0.05, 0.1) is 5.41 Å². The largest absolute Gasteiger partial charge is 0.394 e. The summed E-state index contributed by atoms with van der Waals surface area (Å²) < 4.78 is 38.7. The summed E-state index contributed by atoms with van der Waals surface area (Å²) in [7, 11) is 0. The molecule has 14 aromatic rings. The van der Waals surface area contributed by atoms with E-state index in [0.717, 1.165) is 29.9 Å². The van der Waals surface area contributed by atoms with Gasteiger partial charge in [-0.2, -0.15) is 13.2 Å². The van der Waals surface area contributed by atoms with Gasteiger partial charge in [0, 0.05) is 0 Å². The molecule has 0 aromatic heterocycles. The van der Waals surface area contributed by atoms with Gasteiger partial charge in [-0.1, -0.05) is 427 Å². The van der Waals surface area contributed by atoms with Gasteiger partial charge in [-0.15, -0.1) is 0 Å². The maximum atomic E-state index is 12.9. The van der Waals surface area contributed by atoms with Gasteiger partial charge < -0.3 is 0 Å². The number of benzene rings is 14. The number of halogens is 3. The zero-order chi connectivity index (χ0) is 81.0. The third-order valence-electron chi connectivity index (χ3n) is 19.9. The third kappa shape index (κ3) is 28.6. The maximum Gasteiger partial charge on any atom is 0.394 e. The van der Waals surface area contributed by atoms with Gasteiger partial charge in [0.1, 0.15) is 0 Å². The average molecular weight is 1480 g/mol. The first-order valence-electron chi connectivity index (χ1n) is 39.4. The maximum absolute atomic E-state index is 12.9. The molecule has 0 saturated carbocycles. The van der Waals surface area contributed by atoms with Crippen LogP contribution < -0.4 is 0 Å². The van der Waals surface area contributed by atoms with Crippen LogP contribution >= 0.6 is 0 Å². The molecule has 0 saturated heterocycles. The molecule has 0 spiro atoms. The van der Waals surface area contributed by atoms with Gasteiger partial charge in [-0.05, 0) is 224 Å². The lowest BCUT2D eigenvalue weighted by atomic mass is 9.85. The lowest BCUT2D eigenvalue weighted by Crippen LogP contribution is -2.34. The van der Waals surface area contributed by atoms with E-state index in [9.17, 15) is 13.2 Å². The minimum Gasteiger partial charge on any atom is -0.171 e. The Bertz CT molecular complexity index is 5020.